The van der Waals surface area contributed by atoms with Crippen molar-refractivity contribution in [1.29, 1.82) is 0 Å². The minimum Gasteiger partial charge on any atom is -0.476 e. The average molecular weight is 293 g/mol. The van der Waals surface area contributed by atoms with Crippen LogP contribution in [0.4, 0.5) is 5.82 Å². The number of nitrogens with one attached hydrogen (secondary N) is 1. The molecular formula is C15H27N5O. The first kappa shape index (κ1) is 16.0. The second-order valence-corrected chi connectivity index (χ2v) is 6.10. The van der Waals surface area contributed by atoms with Gasteiger partial charge in [-0.25, -0.2) is 10.8 Å². The van der Waals surface area contributed by atoms with Crippen molar-refractivity contribution < 1.29 is 4.74 Å². The van der Waals surface area contributed by atoms with Gasteiger partial charge in [-0.1, -0.05) is 20.3 Å². The molecule has 0 amide bonds. The zero-order valence-corrected chi connectivity index (χ0v) is 13.5. The molecule has 118 valence electrons. The zero-order chi connectivity index (χ0) is 15.4. The molecule has 2 rings (SSSR count). The van der Waals surface area contributed by atoms with Gasteiger partial charge in [-0.3, -0.25) is 0 Å². The third-order valence-corrected chi connectivity index (χ3v) is 4.11. The number of hydrogen-bond acceptors (Lipinski definition) is 6. The molecule has 1 saturated heterocycles. The number of ether oxygens (including phenoxy) is 1. The maximum atomic E-state index is 5.99. The van der Waals surface area contributed by atoms with Crippen molar-refractivity contribution in [2.75, 3.05) is 25.6 Å². The van der Waals surface area contributed by atoms with Gasteiger partial charge in [0.25, 0.3) is 0 Å². The lowest BCUT2D eigenvalue weighted by Gasteiger charge is -2.32. The Morgan fingerprint density at radius 2 is 2.14 bits per heavy atom. The first-order chi connectivity index (χ1) is 10.0. The van der Waals surface area contributed by atoms with E-state index in [1.54, 1.807) is 0 Å². The lowest BCUT2D eigenvalue weighted by molar-refractivity contribution is 0.122. The third kappa shape index (κ3) is 3.83. The number of nitrogens with zero attached hydrogens (tertiary/aromatic N) is 3. The van der Waals surface area contributed by atoms with Gasteiger partial charge in [0.2, 0.25) is 5.88 Å². The van der Waals surface area contributed by atoms with Gasteiger partial charge in [0.15, 0.2) is 0 Å². The van der Waals surface area contributed by atoms with Crippen LogP contribution >= 0.6 is 0 Å². The van der Waals surface area contributed by atoms with Crippen LogP contribution in [0.1, 0.15) is 50.4 Å². The average Bonchev–Trinajstić information content (AvgIpc) is 2.47. The van der Waals surface area contributed by atoms with Crippen molar-refractivity contribution in [3.05, 3.63) is 11.4 Å². The molecule has 0 saturated carbocycles. The van der Waals surface area contributed by atoms with Gasteiger partial charge in [0.05, 0.1) is 5.56 Å². The minimum absolute atomic E-state index is 0.234. The summed E-state index contributed by atoms with van der Waals surface area (Å²) < 4.78 is 5.99. The Kier molecular flexibility index (Phi) is 5.36. The molecule has 1 fully saturated rings. The third-order valence-electron chi connectivity index (χ3n) is 4.11. The molecule has 1 aliphatic heterocycles. The van der Waals surface area contributed by atoms with Gasteiger partial charge in [-0.05, 0) is 33.4 Å². The predicted molar refractivity (Wildman–Crippen MR) is 84.4 cm³/mol. The quantitative estimate of drug-likeness (QED) is 0.639. The monoisotopic (exact) mass is 293 g/mol. The SMILES string of the molecule is Cc1c(NN)nc(C(C)C)nc1OCC1CCCCN1C. The molecule has 21 heavy (non-hydrogen) atoms. The molecule has 6 nitrogen and oxygen atoms in total. The van der Waals surface area contributed by atoms with Crippen LogP contribution in [0.15, 0.2) is 0 Å². The molecule has 1 atom stereocenters. The molecule has 1 aromatic heterocycles. The maximum Gasteiger partial charge on any atom is 0.221 e. The highest BCUT2D eigenvalue weighted by Gasteiger charge is 2.21. The van der Waals surface area contributed by atoms with Crippen LogP contribution in [-0.4, -0.2) is 41.1 Å². The smallest absolute Gasteiger partial charge is 0.221 e. The Morgan fingerprint density at radius 1 is 1.38 bits per heavy atom. The van der Waals surface area contributed by atoms with Crippen molar-refractivity contribution >= 4 is 5.82 Å². The number of hydrazine groups is 1. The molecule has 0 aliphatic carbocycles. The number of rotatable bonds is 5. The van der Waals surface area contributed by atoms with Gasteiger partial charge in [0.1, 0.15) is 18.2 Å². The van der Waals surface area contributed by atoms with Crippen LogP contribution in [0.5, 0.6) is 5.88 Å². The fourth-order valence-corrected chi connectivity index (χ4v) is 2.58. The van der Waals surface area contributed by atoms with Gasteiger partial charge in [-0.2, -0.15) is 4.98 Å². The summed E-state index contributed by atoms with van der Waals surface area (Å²) in [5.41, 5.74) is 3.50. The zero-order valence-electron chi connectivity index (χ0n) is 13.5. The molecule has 1 aliphatic rings. The number of likely N-dealkylation sites (tertiary alicyclic amines) is 1. The van der Waals surface area contributed by atoms with Crippen LogP contribution < -0.4 is 16.0 Å². The van der Waals surface area contributed by atoms with Crippen molar-refractivity contribution in [2.24, 2.45) is 5.84 Å². The normalized spacial score (nSPS) is 19.8. The molecule has 0 spiro atoms. The molecule has 0 aromatic carbocycles. The number of aromatic nitrogens is 2. The summed E-state index contributed by atoms with van der Waals surface area (Å²) in [6.07, 6.45) is 3.73. The van der Waals surface area contributed by atoms with E-state index in [0.717, 1.165) is 17.9 Å². The number of hydrogen-bond donors (Lipinski definition) is 2. The predicted octanol–water partition coefficient (Wildman–Crippen LogP) is 2.06. The summed E-state index contributed by atoms with van der Waals surface area (Å²) in [5, 5.41) is 0. The van der Waals surface area contributed by atoms with Gasteiger partial charge in [-0.15, -0.1) is 0 Å². The highest BCUT2D eigenvalue weighted by molar-refractivity contribution is 5.47. The molecule has 6 heteroatoms. The van der Waals surface area contributed by atoms with E-state index in [4.69, 9.17) is 10.6 Å². The van der Waals surface area contributed by atoms with Crippen LogP contribution in [0.25, 0.3) is 0 Å². The van der Waals surface area contributed by atoms with Gasteiger partial charge in [0, 0.05) is 12.0 Å². The standard InChI is InChI=1S/C15H27N5O/c1-10(2)13-17-14(19-16)11(3)15(18-13)21-9-12-7-5-6-8-20(12)4/h10,12H,5-9,16H2,1-4H3,(H,17,18,19). The number of anilines is 1. The van der Waals surface area contributed by atoms with Crippen molar-refractivity contribution in [1.82, 2.24) is 14.9 Å². The fourth-order valence-electron chi connectivity index (χ4n) is 2.58. The second kappa shape index (κ2) is 7.04. The van der Waals surface area contributed by atoms with E-state index >= 15 is 0 Å². The summed E-state index contributed by atoms with van der Waals surface area (Å²) in [4.78, 5) is 11.3. The van der Waals surface area contributed by atoms with Crippen molar-refractivity contribution in [2.45, 2.75) is 52.0 Å². The van der Waals surface area contributed by atoms with Crippen LogP contribution in [0.2, 0.25) is 0 Å². The van der Waals surface area contributed by atoms with E-state index in [0.29, 0.717) is 24.3 Å². The summed E-state index contributed by atoms with van der Waals surface area (Å²) >= 11 is 0. The highest BCUT2D eigenvalue weighted by atomic mass is 16.5. The highest BCUT2D eigenvalue weighted by Crippen LogP contribution is 2.25. The number of piperidine rings is 1. The Hall–Kier alpha value is -1.40. The summed E-state index contributed by atoms with van der Waals surface area (Å²) in [6, 6.07) is 0.463. The molecule has 2 heterocycles. The molecule has 0 bridgehead atoms. The minimum atomic E-state index is 0.234. The maximum absolute atomic E-state index is 5.99. The summed E-state index contributed by atoms with van der Waals surface area (Å²) in [6.45, 7) is 7.85. The molecule has 3 N–H and O–H groups in total. The topological polar surface area (TPSA) is 76.3 Å². The van der Waals surface area contributed by atoms with Crippen molar-refractivity contribution in [3.8, 4) is 5.88 Å². The number of nitrogen functional groups attached to an aromatic ring is 1. The second-order valence-electron chi connectivity index (χ2n) is 6.10. The Morgan fingerprint density at radius 3 is 2.76 bits per heavy atom. The first-order valence-corrected chi connectivity index (χ1v) is 7.71. The van der Waals surface area contributed by atoms with E-state index in [1.807, 2.05) is 6.92 Å². The van der Waals surface area contributed by atoms with Gasteiger partial charge >= 0.3 is 0 Å². The molecule has 1 unspecified atom stereocenters. The first-order valence-electron chi connectivity index (χ1n) is 7.71. The largest absolute Gasteiger partial charge is 0.476 e. The Labute approximate surface area is 127 Å². The van der Waals surface area contributed by atoms with E-state index in [2.05, 4.69) is 41.2 Å². The molecule has 0 radical (unpaired) electrons. The summed E-state index contributed by atoms with van der Waals surface area (Å²) in [7, 11) is 2.16. The molecular weight excluding hydrogens is 266 g/mol. The van der Waals surface area contributed by atoms with Crippen LogP contribution in [0, 0.1) is 6.92 Å². The Bertz CT molecular complexity index is 477. The van der Waals surface area contributed by atoms with E-state index in [9.17, 15) is 0 Å². The van der Waals surface area contributed by atoms with E-state index < -0.39 is 0 Å². The Balaban J connectivity index is 2.12. The van der Waals surface area contributed by atoms with Gasteiger partial charge < -0.3 is 15.1 Å². The summed E-state index contributed by atoms with van der Waals surface area (Å²) in [5.74, 6) is 7.81. The lowest BCUT2D eigenvalue weighted by Crippen LogP contribution is -2.40. The van der Waals surface area contributed by atoms with Crippen LogP contribution in [-0.2, 0) is 0 Å². The number of likely N-dealkylation sites (N-methyl/N-ethyl adjacent to an activating group) is 1. The van der Waals surface area contributed by atoms with E-state index in [-0.39, 0.29) is 5.92 Å². The van der Waals surface area contributed by atoms with Crippen molar-refractivity contribution in [3.63, 3.8) is 0 Å². The lowest BCUT2D eigenvalue weighted by atomic mass is 10.0. The van der Waals surface area contributed by atoms with Crippen LogP contribution in [0.3, 0.4) is 0 Å². The van der Waals surface area contributed by atoms with E-state index in [1.165, 1.54) is 19.3 Å². The fraction of sp³-hybridized carbons (Fsp3) is 0.733. The molecule has 1 aromatic rings. The number of nitrogens with two attached hydrogens (primary N) is 1.